The van der Waals surface area contributed by atoms with Gasteiger partial charge in [0.1, 0.15) is 6.10 Å². The molecule has 1 aliphatic heterocycles. The number of allylic oxidation sites excluding steroid dienone is 1. The molecule has 0 aromatic heterocycles. The average molecular weight is 169 g/mol. The van der Waals surface area contributed by atoms with Crippen molar-refractivity contribution in [3.05, 3.63) is 12.7 Å². The molecule has 0 radical (unpaired) electrons. The van der Waals surface area contributed by atoms with E-state index in [0.29, 0.717) is 19.6 Å². The first kappa shape index (κ1) is 9.42. The predicted molar refractivity (Wildman–Crippen MR) is 47.1 cm³/mol. The van der Waals surface area contributed by atoms with Crippen LogP contribution in [0, 0.1) is 0 Å². The van der Waals surface area contributed by atoms with Crippen molar-refractivity contribution in [2.75, 3.05) is 26.7 Å². The van der Waals surface area contributed by atoms with Crippen LogP contribution in [0.5, 0.6) is 0 Å². The molecule has 1 rings (SSSR count). The highest BCUT2D eigenvalue weighted by Crippen LogP contribution is 2.05. The largest absolute Gasteiger partial charge is 0.368 e. The Morgan fingerprint density at radius 2 is 2.58 bits per heavy atom. The van der Waals surface area contributed by atoms with Crippen LogP contribution in [-0.4, -0.2) is 43.5 Å². The number of ether oxygens (including phenoxy) is 1. The fourth-order valence-electron chi connectivity index (χ4n) is 1.25. The van der Waals surface area contributed by atoms with E-state index in [1.54, 1.807) is 6.08 Å². The van der Waals surface area contributed by atoms with Gasteiger partial charge in [-0.15, -0.1) is 6.58 Å². The minimum atomic E-state index is -0.234. The number of rotatable bonds is 3. The van der Waals surface area contributed by atoms with Crippen molar-refractivity contribution < 1.29 is 9.53 Å². The molecule has 0 saturated carbocycles. The normalized spacial score (nSPS) is 25.2. The second-order valence-corrected chi connectivity index (χ2v) is 3.08. The van der Waals surface area contributed by atoms with Gasteiger partial charge in [-0.25, -0.2) is 0 Å². The number of nitrogens with zero attached hydrogens (tertiary/aromatic N) is 1. The molecule has 1 unspecified atom stereocenters. The van der Waals surface area contributed by atoms with E-state index in [1.165, 1.54) is 0 Å². The Morgan fingerprint density at radius 3 is 3.17 bits per heavy atom. The van der Waals surface area contributed by atoms with Crippen LogP contribution >= 0.6 is 0 Å². The number of likely N-dealkylation sites (N-methyl/N-ethyl adjacent to an activating group) is 1. The lowest BCUT2D eigenvalue weighted by molar-refractivity contribution is -0.134. The van der Waals surface area contributed by atoms with Crippen LogP contribution in [0.1, 0.15) is 6.42 Å². The molecule has 0 aromatic carbocycles. The first-order chi connectivity index (χ1) is 5.74. The molecule has 0 N–H and O–H groups in total. The van der Waals surface area contributed by atoms with E-state index in [-0.39, 0.29) is 11.9 Å². The molecular formula is C9H15NO2. The third-order valence-electron chi connectivity index (χ3n) is 1.97. The summed E-state index contributed by atoms with van der Waals surface area (Å²) in [6.45, 7) is 5.81. The molecule has 3 heteroatoms. The van der Waals surface area contributed by atoms with Crippen molar-refractivity contribution in [1.82, 2.24) is 4.90 Å². The van der Waals surface area contributed by atoms with Crippen molar-refractivity contribution in [3.8, 4) is 0 Å². The fourth-order valence-corrected chi connectivity index (χ4v) is 1.25. The summed E-state index contributed by atoms with van der Waals surface area (Å²) in [5.41, 5.74) is 0. The van der Waals surface area contributed by atoms with Crippen LogP contribution in [0.25, 0.3) is 0 Å². The standard InChI is InChI=1S/C9H15NO2/c1-3-4-8(11)9-7-10(2)5-6-12-9/h3,9H,1,4-7H2,2H3. The molecular weight excluding hydrogens is 154 g/mol. The fraction of sp³-hybridized carbons (Fsp3) is 0.667. The summed E-state index contributed by atoms with van der Waals surface area (Å²) in [6, 6.07) is 0. The van der Waals surface area contributed by atoms with Crippen LogP contribution in [0.3, 0.4) is 0 Å². The molecule has 0 spiro atoms. The van der Waals surface area contributed by atoms with Gasteiger partial charge in [0.25, 0.3) is 0 Å². The Hall–Kier alpha value is -0.670. The van der Waals surface area contributed by atoms with Gasteiger partial charge in [-0.2, -0.15) is 0 Å². The van der Waals surface area contributed by atoms with Gasteiger partial charge in [-0.1, -0.05) is 6.08 Å². The van der Waals surface area contributed by atoms with E-state index < -0.39 is 0 Å². The van der Waals surface area contributed by atoms with Gasteiger partial charge in [0, 0.05) is 19.5 Å². The smallest absolute Gasteiger partial charge is 0.166 e. The summed E-state index contributed by atoms with van der Waals surface area (Å²) < 4.78 is 5.32. The summed E-state index contributed by atoms with van der Waals surface area (Å²) in [5, 5.41) is 0. The zero-order chi connectivity index (χ0) is 8.97. The summed E-state index contributed by atoms with van der Waals surface area (Å²) in [5.74, 6) is 0.136. The number of carbonyl (C=O) groups is 1. The topological polar surface area (TPSA) is 29.5 Å². The van der Waals surface area contributed by atoms with Crippen molar-refractivity contribution >= 4 is 5.78 Å². The average Bonchev–Trinajstić information content (AvgIpc) is 2.05. The third-order valence-corrected chi connectivity index (χ3v) is 1.97. The lowest BCUT2D eigenvalue weighted by Crippen LogP contribution is -2.43. The Balaban J connectivity index is 2.39. The van der Waals surface area contributed by atoms with Crippen LogP contribution in [0.15, 0.2) is 12.7 Å². The number of hydrogen-bond acceptors (Lipinski definition) is 3. The first-order valence-corrected chi connectivity index (χ1v) is 4.18. The molecule has 0 aliphatic carbocycles. The summed E-state index contributed by atoms with van der Waals surface area (Å²) in [7, 11) is 2.00. The zero-order valence-corrected chi connectivity index (χ0v) is 7.45. The molecule has 12 heavy (non-hydrogen) atoms. The minimum Gasteiger partial charge on any atom is -0.368 e. The Bertz CT molecular complexity index is 179. The van der Waals surface area contributed by atoms with Crippen molar-refractivity contribution in [3.63, 3.8) is 0 Å². The monoisotopic (exact) mass is 169 g/mol. The molecule has 68 valence electrons. The van der Waals surface area contributed by atoms with Crippen LogP contribution < -0.4 is 0 Å². The van der Waals surface area contributed by atoms with Crippen molar-refractivity contribution in [2.45, 2.75) is 12.5 Å². The number of hydrogen-bond donors (Lipinski definition) is 0. The molecule has 0 bridgehead atoms. The van der Waals surface area contributed by atoms with E-state index in [2.05, 4.69) is 11.5 Å². The van der Waals surface area contributed by atoms with Gasteiger partial charge < -0.3 is 9.64 Å². The molecule has 3 nitrogen and oxygen atoms in total. The predicted octanol–water partition coefficient (Wildman–Crippen LogP) is 0.462. The molecule has 1 heterocycles. The maximum absolute atomic E-state index is 11.3. The van der Waals surface area contributed by atoms with Crippen molar-refractivity contribution in [2.24, 2.45) is 0 Å². The number of Topliss-reactive ketones (excluding diaryl/α,β-unsaturated/α-hetero) is 1. The van der Waals surface area contributed by atoms with Gasteiger partial charge in [0.05, 0.1) is 6.61 Å². The molecule has 0 amide bonds. The summed E-state index contributed by atoms with van der Waals surface area (Å²) >= 11 is 0. The summed E-state index contributed by atoms with van der Waals surface area (Å²) in [4.78, 5) is 13.4. The van der Waals surface area contributed by atoms with Gasteiger partial charge in [-0.3, -0.25) is 4.79 Å². The van der Waals surface area contributed by atoms with Gasteiger partial charge in [0.15, 0.2) is 5.78 Å². The molecule has 1 saturated heterocycles. The van der Waals surface area contributed by atoms with Gasteiger partial charge in [0.2, 0.25) is 0 Å². The van der Waals surface area contributed by atoms with E-state index >= 15 is 0 Å². The number of morpholine rings is 1. The Labute approximate surface area is 73.0 Å². The quantitative estimate of drug-likeness (QED) is 0.575. The maximum Gasteiger partial charge on any atom is 0.166 e. The third kappa shape index (κ3) is 2.43. The van der Waals surface area contributed by atoms with E-state index in [9.17, 15) is 4.79 Å². The number of ketones is 1. The highest BCUT2D eigenvalue weighted by molar-refractivity contribution is 5.84. The maximum atomic E-state index is 11.3. The molecule has 1 aliphatic rings. The molecule has 1 atom stereocenters. The molecule has 0 aromatic rings. The number of carbonyl (C=O) groups excluding carboxylic acids is 1. The summed E-state index contributed by atoms with van der Waals surface area (Å²) in [6.07, 6.45) is 1.81. The SMILES string of the molecule is C=CCC(=O)C1CN(C)CCO1. The van der Waals surface area contributed by atoms with E-state index in [0.717, 1.165) is 6.54 Å². The molecule has 1 fully saturated rings. The minimum absolute atomic E-state index is 0.136. The Morgan fingerprint density at radius 1 is 1.83 bits per heavy atom. The second-order valence-electron chi connectivity index (χ2n) is 3.08. The Kier molecular flexibility index (Phi) is 3.44. The first-order valence-electron chi connectivity index (χ1n) is 4.18. The van der Waals surface area contributed by atoms with E-state index in [1.807, 2.05) is 7.05 Å². The second kappa shape index (κ2) is 4.38. The lowest BCUT2D eigenvalue weighted by Gasteiger charge is -2.28. The van der Waals surface area contributed by atoms with E-state index in [4.69, 9.17) is 4.74 Å². The van der Waals surface area contributed by atoms with Gasteiger partial charge >= 0.3 is 0 Å². The van der Waals surface area contributed by atoms with Crippen LogP contribution in [0.2, 0.25) is 0 Å². The van der Waals surface area contributed by atoms with Crippen LogP contribution in [-0.2, 0) is 9.53 Å². The highest BCUT2D eigenvalue weighted by Gasteiger charge is 2.23. The van der Waals surface area contributed by atoms with Gasteiger partial charge in [-0.05, 0) is 7.05 Å². The van der Waals surface area contributed by atoms with Crippen LogP contribution in [0.4, 0.5) is 0 Å². The van der Waals surface area contributed by atoms with Crippen molar-refractivity contribution in [1.29, 1.82) is 0 Å². The zero-order valence-electron chi connectivity index (χ0n) is 7.45. The highest BCUT2D eigenvalue weighted by atomic mass is 16.5. The lowest BCUT2D eigenvalue weighted by atomic mass is 10.1.